The van der Waals surface area contributed by atoms with Crippen LogP contribution in [0.25, 0.3) is 11.7 Å². The molecule has 1 aromatic carbocycles. The highest BCUT2D eigenvalue weighted by Crippen LogP contribution is 2.29. The molecule has 0 fully saturated rings. The van der Waals surface area contributed by atoms with Crippen LogP contribution in [0.1, 0.15) is 11.5 Å². The van der Waals surface area contributed by atoms with E-state index in [1.807, 2.05) is 0 Å². The Labute approximate surface area is 151 Å². The first kappa shape index (κ1) is 18.8. The number of sulfonamides is 1. The maximum Gasteiger partial charge on any atom is 0.470 e. The van der Waals surface area contributed by atoms with E-state index in [0.717, 1.165) is 10.6 Å². The minimum absolute atomic E-state index is 0.0548. The number of aromatic nitrogens is 4. The highest BCUT2D eigenvalue weighted by molar-refractivity contribution is 7.92. The fourth-order valence-electron chi connectivity index (χ4n) is 2.14. The molecule has 0 atom stereocenters. The van der Waals surface area contributed by atoms with E-state index in [9.17, 15) is 21.6 Å². The van der Waals surface area contributed by atoms with E-state index in [-0.39, 0.29) is 12.4 Å². The summed E-state index contributed by atoms with van der Waals surface area (Å²) in [6, 6.07) is 8.41. The average molecular weight is 399 g/mol. The van der Waals surface area contributed by atoms with Gasteiger partial charge in [0, 0.05) is 18.0 Å². The molecule has 0 N–H and O–H groups in total. The van der Waals surface area contributed by atoms with E-state index >= 15 is 0 Å². The van der Waals surface area contributed by atoms with Crippen LogP contribution in [-0.4, -0.2) is 34.8 Å². The van der Waals surface area contributed by atoms with Crippen molar-refractivity contribution in [1.29, 1.82) is 0 Å². The van der Waals surface area contributed by atoms with E-state index in [0.29, 0.717) is 11.3 Å². The van der Waals surface area contributed by atoms with Crippen molar-refractivity contribution in [1.82, 2.24) is 20.2 Å². The monoisotopic (exact) mass is 399 g/mol. The zero-order chi connectivity index (χ0) is 19.7. The number of benzene rings is 1. The van der Waals surface area contributed by atoms with Crippen molar-refractivity contribution >= 4 is 15.7 Å². The summed E-state index contributed by atoms with van der Waals surface area (Å²) in [7, 11) is -3.58. The van der Waals surface area contributed by atoms with Crippen molar-refractivity contribution in [2.24, 2.45) is 0 Å². The molecule has 0 unspecified atom stereocenters. The van der Waals surface area contributed by atoms with Crippen LogP contribution in [0.5, 0.6) is 0 Å². The number of nitrogens with zero attached hydrogens (tertiary/aromatic N) is 5. The van der Waals surface area contributed by atoms with Gasteiger partial charge in [-0.25, -0.2) is 18.4 Å². The van der Waals surface area contributed by atoms with Gasteiger partial charge in [0.2, 0.25) is 15.8 Å². The number of hydrogen-bond donors (Lipinski definition) is 0. The summed E-state index contributed by atoms with van der Waals surface area (Å²) in [6.07, 6.45) is -1.15. The summed E-state index contributed by atoms with van der Waals surface area (Å²) in [4.78, 5) is 7.75. The normalized spacial score (nSPS) is 12.1. The van der Waals surface area contributed by atoms with Crippen molar-refractivity contribution < 1.29 is 26.0 Å². The third-order valence-electron chi connectivity index (χ3n) is 3.33. The fourth-order valence-corrected chi connectivity index (χ4v) is 3.02. The lowest BCUT2D eigenvalue weighted by molar-refractivity contribution is -0.157. The maximum absolute atomic E-state index is 12.5. The quantitative estimate of drug-likeness (QED) is 0.650. The Kier molecular flexibility index (Phi) is 4.83. The number of alkyl halides is 3. The first-order valence-electron chi connectivity index (χ1n) is 7.39. The molecule has 8 nitrogen and oxygen atoms in total. The predicted octanol–water partition coefficient (Wildman–Crippen LogP) is 2.51. The number of anilines is 1. The largest absolute Gasteiger partial charge is 0.470 e. The molecule has 0 aliphatic rings. The molecule has 12 heteroatoms. The topological polar surface area (TPSA) is 102 Å². The van der Waals surface area contributed by atoms with Gasteiger partial charge in [0.05, 0.1) is 18.5 Å². The molecule has 2 heterocycles. The molecule has 0 aliphatic carbocycles. The summed E-state index contributed by atoms with van der Waals surface area (Å²) >= 11 is 0. The van der Waals surface area contributed by atoms with Crippen LogP contribution in [0.4, 0.5) is 18.9 Å². The first-order valence-corrected chi connectivity index (χ1v) is 9.24. The molecule has 0 aliphatic heterocycles. The highest BCUT2D eigenvalue weighted by Gasteiger charge is 2.38. The third-order valence-corrected chi connectivity index (χ3v) is 4.48. The fraction of sp³-hybridized carbons (Fsp3) is 0.200. The van der Waals surface area contributed by atoms with Crippen molar-refractivity contribution in [3.63, 3.8) is 0 Å². The maximum atomic E-state index is 12.5. The summed E-state index contributed by atoms with van der Waals surface area (Å²) in [5.74, 6) is -2.19. The second kappa shape index (κ2) is 6.95. The molecule has 3 aromatic rings. The summed E-state index contributed by atoms with van der Waals surface area (Å²) in [5, 5.41) is 6.16. The third kappa shape index (κ3) is 4.39. The Balaban J connectivity index is 1.83. The summed E-state index contributed by atoms with van der Waals surface area (Å²) in [6.45, 7) is -0.0548. The molecule has 0 radical (unpaired) electrons. The van der Waals surface area contributed by atoms with E-state index in [2.05, 4.69) is 24.6 Å². The molecule has 0 bridgehead atoms. The lowest BCUT2D eigenvalue weighted by atomic mass is 10.3. The molecular formula is C15H12F3N5O3S. The van der Waals surface area contributed by atoms with Gasteiger partial charge < -0.3 is 4.42 Å². The number of hydrogen-bond acceptors (Lipinski definition) is 7. The van der Waals surface area contributed by atoms with Gasteiger partial charge in [-0.1, -0.05) is 18.2 Å². The average Bonchev–Trinajstić information content (AvgIpc) is 3.10. The van der Waals surface area contributed by atoms with Crippen LogP contribution >= 0.6 is 0 Å². The molecule has 0 saturated carbocycles. The Hall–Kier alpha value is -3.02. The molecule has 0 saturated heterocycles. The molecule has 3 rings (SSSR count). The minimum Gasteiger partial charge on any atom is -0.410 e. The predicted molar refractivity (Wildman–Crippen MR) is 87.8 cm³/mol. The van der Waals surface area contributed by atoms with Crippen LogP contribution in [0, 0.1) is 0 Å². The van der Waals surface area contributed by atoms with Gasteiger partial charge in [0.25, 0.3) is 5.89 Å². The summed E-state index contributed by atoms with van der Waals surface area (Å²) < 4.78 is 67.3. The van der Waals surface area contributed by atoms with Gasteiger partial charge in [0.15, 0.2) is 0 Å². The van der Waals surface area contributed by atoms with Crippen molar-refractivity contribution in [3.8, 4) is 11.7 Å². The van der Waals surface area contributed by atoms with Gasteiger partial charge in [-0.3, -0.25) is 4.31 Å². The Morgan fingerprint density at radius 3 is 2.22 bits per heavy atom. The second-order valence-electron chi connectivity index (χ2n) is 5.43. The van der Waals surface area contributed by atoms with Gasteiger partial charge in [-0.2, -0.15) is 13.2 Å². The number of para-hydroxylation sites is 1. The van der Waals surface area contributed by atoms with E-state index in [1.165, 1.54) is 12.4 Å². The SMILES string of the molecule is CS(=O)(=O)N(Cc1cnc(-c2nnc(C(F)(F)F)o2)nc1)c1ccccc1. The Bertz CT molecular complexity index is 1020. The van der Waals surface area contributed by atoms with E-state index < -0.39 is 28.0 Å². The minimum atomic E-state index is -4.77. The summed E-state index contributed by atoms with van der Waals surface area (Å²) in [5.41, 5.74) is 0.874. The number of halogens is 3. The molecule has 2 aromatic heterocycles. The molecule has 0 amide bonds. The lowest BCUT2D eigenvalue weighted by Crippen LogP contribution is -2.29. The Morgan fingerprint density at radius 1 is 1.07 bits per heavy atom. The van der Waals surface area contributed by atoms with E-state index in [1.54, 1.807) is 30.3 Å². The van der Waals surface area contributed by atoms with Crippen molar-refractivity contribution in [2.45, 2.75) is 12.7 Å². The molecule has 27 heavy (non-hydrogen) atoms. The lowest BCUT2D eigenvalue weighted by Gasteiger charge is -2.22. The van der Waals surface area contributed by atoms with Gasteiger partial charge in [0.1, 0.15) is 0 Å². The van der Waals surface area contributed by atoms with Crippen molar-refractivity contribution in [3.05, 3.63) is 54.2 Å². The zero-order valence-electron chi connectivity index (χ0n) is 13.8. The van der Waals surface area contributed by atoms with Crippen LogP contribution < -0.4 is 4.31 Å². The van der Waals surface area contributed by atoms with Crippen molar-refractivity contribution in [2.75, 3.05) is 10.6 Å². The zero-order valence-corrected chi connectivity index (χ0v) is 14.6. The second-order valence-corrected chi connectivity index (χ2v) is 7.34. The smallest absolute Gasteiger partial charge is 0.410 e. The van der Waals surface area contributed by atoms with Crippen LogP contribution in [0.15, 0.2) is 47.1 Å². The number of rotatable bonds is 5. The molecule has 142 valence electrons. The van der Waals surface area contributed by atoms with Crippen LogP contribution in [-0.2, 0) is 22.7 Å². The molecular weight excluding hydrogens is 387 g/mol. The van der Waals surface area contributed by atoms with Gasteiger partial charge in [-0.05, 0) is 12.1 Å². The Morgan fingerprint density at radius 2 is 1.70 bits per heavy atom. The van der Waals surface area contributed by atoms with Crippen LogP contribution in [0.2, 0.25) is 0 Å². The standard InChI is InChI=1S/C15H12F3N5O3S/c1-27(24,25)23(11-5-3-2-4-6-11)9-10-7-19-12(20-8-10)13-21-22-14(26-13)15(16,17)18/h2-8H,9H2,1H3. The highest BCUT2D eigenvalue weighted by atomic mass is 32.2. The van der Waals surface area contributed by atoms with Gasteiger partial charge >= 0.3 is 12.1 Å². The van der Waals surface area contributed by atoms with Crippen LogP contribution in [0.3, 0.4) is 0 Å². The molecule has 0 spiro atoms. The first-order chi connectivity index (χ1) is 12.6. The van der Waals surface area contributed by atoms with E-state index in [4.69, 9.17) is 0 Å². The van der Waals surface area contributed by atoms with Gasteiger partial charge in [-0.15, -0.1) is 10.2 Å².